The Bertz CT molecular complexity index is 1440. The summed E-state index contributed by atoms with van der Waals surface area (Å²) in [4.78, 5) is 36.2. The van der Waals surface area contributed by atoms with Crippen LogP contribution in [0.5, 0.6) is 0 Å². The van der Waals surface area contributed by atoms with Crippen LogP contribution in [0, 0.1) is 3.57 Å². The maximum atomic E-state index is 12.0. The van der Waals surface area contributed by atoms with Gasteiger partial charge in [0.05, 0.1) is 22.1 Å². The highest BCUT2D eigenvalue weighted by molar-refractivity contribution is 14.1. The number of anilines is 2. The van der Waals surface area contributed by atoms with Gasteiger partial charge in [0, 0.05) is 20.1 Å². The average Bonchev–Trinajstić information content (AvgIpc) is 3.60. The number of hydrogen-bond acceptors (Lipinski definition) is 12. The predicted octanol–water partition coefficient (Wildman–Crippen LogP) is 0.791. The van der Waals surface area contributed by atoms with Gasteiger partial charge in [-0.2, -0.15) is 4.98 Å². The molecule has 1 amide bonds. The van der Waals surface area contributed by atoms with Gasteiger partial charge in [-0.05, 0) is 42.5 Å². The second-order valence-corrected chi connectivity index (χ2v) is 9.52. The SMILES string of the molecule is CCN(CC)c1nc2nc(CNc3ncnc4c3ncn4[C@@H]3O[C@H](C(=O)NC)[C@@H](O)[C@H]3O)cc(I)c2o1. The highest BCUT2D eigenvalue weighted by Crippen LogP contribution is 2.32. The van der Waals surface area contributed by atoms with E-state index in [1.807, 2.05) is 24.8 Å². The van der Waals surface area contributed by atoms with Crippen LogP contribution in [0.4, 0.5) is 11.8 Å². The van der Waals surface area contributed by atoms with E-state index in [0.29, 0.717) is 40.8 Å². The molecule has 37 heavy (non-hydrogen) atoms. The minimum atomic E-state index is -1.40. The van der Waals surface area contributed by atoms with Crippen molar-refractivity contribution in [2.45, 2.75) is 44.9 Å². The van der Waals surface area contributed by atoms with E-state index < -0.39 is 30.4 Å². The van der Waals surface area contributed by atoms with Gasteiger partial charge in [0.1, 0.15) is 18.5 Å². The van der Waals surface area contributed by atoms with Crippen LogP contribution in [-0.4, -0.2) is 84.1 Å². The largest absolute Gasteiger partial charge is 0.420 e. The lowest BCUT2D eigenvalue weighted by Crippen LogP contribution is -2.41. The van der Waals surface area contributed by atoms with Crippen molar-refractivity contribution < 1.29 is 24.2 Å². The third-order valence-corrected chi connectivity index (χ3v) is 7.01. The van der Waals surface area contributed by atoms with E-state index in [9.17, 15) is 15.0 Å². The molecule has 4 atom stereocenters. The highest BCUT2D eigenvalue weighted by atomic mass is 127. The quantitative estimate of drug-likeness (QED) is 0.203. The van der Waals surface area contributed by atoms with Crippen LogP contribution >= 0.6 is 22.6 Å². The summed E-state index contributed by atoms with van der Waals surface area (Å²) in [5, 5.41) is 26.4. The summed E-state index contributed by atoms with van der Waals surface area (Å²) in [6.07, 6.45) is -2.25. The van der Waals surface area contributed by atoms with Crippen LogP contribution in [0.2, 0.25) is 0 Å². The molecule has 1 aliphatic heterocycles. The minimum absolute atomic E-state index is 0.332. The second-order valence-electron chi connectivity index (χ2n) is 8.36. The van der Waals surface area contributed by atoms with Crippen molar-refractivity contribution >= 4 is 62.7 Å². The fourth-order valence-corrected chi connectivity index (χ4v) is 4.93. The molecular formula is C22H26IN9O5. The number of oxazole rings is 1. The summed E-state index contributed by atoms with van der Waals surface area (Å²) in [6, 6.07) is 2.45. The maximum Gasteiger partial charge on any atom is 0.299 e. The minimum Gasteiger partial charge on any atom is -0.420 e. The Balaban J connectivity index is 1.38. The fraction of sp³-hybridized carbons (Fsp3) is 0.455. The second kappa shape index (κ2) is 10.3. The van der Waals surface area contributed by atoms with E-state index in [-0.39, 0.29) is 0 Å². The molecule has 4 N–H and O–H groups in total. The number of imidazole rings is 1. The van der Waals surface area contributed by atoms with Gasteiger partial charge in [-0.3, -0.25) is 9.36 Å². The number of aliphatic hydroxyl groups is 2. The molecule has 0 unspecified atom stereocenters. The summed E-state index contributed by atoms with van der Waals surface area (Å²) in [6.45, 7) is 5.96. The molecule has 1 fully saturated rings. The smallest absolute Gasteiger partial charge is 0.299 e. The first-order valence-corrected chi connectivity index (χ1v) is 12.8. The van der Waals surface area contributed by atoms with E-state index in [4.69, 9.17) is 9.15 Å². The molecule has 1 saturated heterocycles. The Labute approximate surface area is 224 Å². The monoisotopic (exact) mass is 623 g/mol. The molecule has 5 rings (SSSR count). The predicted molar refractivity (Wildman–Crippen MR) is 141 cm³/mol. The van der Waals surface area contributed by atoms with Crippen LogP contribution in [0.25, 0.3) is 22.4 Å². The lowest BCUT2D eigenvalue weighted by atomic mass is 10.1. The van der Waals surface area contributed by atoms with Crippen LogP contribution in [0.1, 0.15) is 25.8 Å². The van der Waals surface area contributed by atoms with Crippen LogP contribution in [0.15, 0.2) is 23.1 Å². The number of amides is 1. The van der Waals surface area contributed by atoms with E-state index >= 15 is 0 Å². The van der Waals surface area contributed by atoms with E-state index in [1.54, 1.807) is 0 Å². The number of ether oxygens (including phenoxy) is 1. The number of halogens is 1. The van der Waals surface area contributed by atoms with Crippen molar-refractivity contribution in [2.75, 3.05) is 30.4 Å². The van der Waals surface area contributed by atoms with Gasteiger partial charge in [-0.1, -0.05) is 0 Å². The van der Waals surface area contributed by atoms with Crippen LogP contribution in [0.3, 0.4) is 0 Å². The average molecular weight is 623 g/mol. The number of pyridine rings is 1. The van der Waals surface area contributed by atoms with Gasteiger partial charge in [0.15, 0.2) is 34.9 Å². The van der Waals surface area contributed by atoms with Crippen molar-refractivity contribution in [1.82, 2.24) is 34.8 Å². The normalized spacial score (nSPS) is 21.6. The molecule has 0 bridgehead atoms. The van der Waals surface area contributed by atoms with Gasteiger partial charge < -0.3 is 34.9 Å². The zero-order valence-electron chi connectivity index (χ0n) is 20.3. The summed E-state index contributed by atoms with van der Waals surface area (Å²) >= 11 is 2.20. The molecule has 0 saturated carbocycles. The Kier molecular flexibility index (Phi) is 7.11. The Morgan fingerprint density at radius 1 is 1.19 bits per heavy atom. The first-order chi connectivity index (χ1) is 17.9. The first-order valence-electron chi connectivity index (χ1n) is 11.7. The number of rotatable bonds is 8. The number of fused-ring (bicyclic) bond motifs is 2. The molecular weight excluding hydrogens is 597 g/mol. The highest BCUT2D eigenvalue weighted by Gasteiger charge is 2.47. The van der Waals surface area contributed by atoms with Crippen LogP contribution < -0.4 is 15.5 Å². The number of nitrogens with zero attached hydrogens (tertiary/aromatic N) is 7. The van der Waals surface area contributed by atoms with Gasteiger partial charge in [0.2, 0.25) is 5.65 Å². The number of nitrogens with one attached hydrogen (secondary N) is 2. The summed E-state index contributed by atoms with van der Waals surface area (Å²) in [7, 11) is 1.43. The molecule has 4 aromatic heterocycles. The molecule has 0 aliphatic carbocycles. The number of hydrogen-bond donors (Lipinski definition) is 4. The number of likely N-dealkylation sites (N-methyl/N-ethyl adjacent to an activating group) is 1. The maximum absolute atomic E-state index is 12.0. The molecule has 0 spiro atoms. The number of carbonyl (C=O) groups excluding carboxylic acids is 1. The van der Waals surface area contributed by atoms with Crippen molar-refractivity contribution in [2.24, 2.45) is 0 Å². The van der Waals surface area contributed by atoms with Gasteiger partial charge in [-0.15, -0.1) is 0 Å². The van der Waals surface area contributed by atoms with Crippen molar-refractivity contribution in [1.29, 1.82) is 0 Å². The molecule has 1 aliphatic rings. The molecule has 196 valence electrons. The van der Waals surface area contributed by atoms with Gasteiger partial charge >= 0.3 is 0 Å². The standard InChI is InChI=1S/C22H26IN9O5/c1-4-31(5-2)22-30-18-15(37-22)11(23)6-10(29-18)7-25-17-12-19(27-8-26-17)32(9-28-12)21-14(34)13(33)16(36-21)20(35)24-3/h6,8-9,13-14,16,21,33-34H,4-5,7H2,1-3H3,(H,24,35)(H,25,26,27)/t13-,14+,16-,21+/m0/s1. The fourth-order valence-electron chi connectivity index (χ4n) is 4.22. The van der Waals surface area contributed by atoms with Crippen molar-refractivity contribution in [3.63, 3.8) is 0 Å². The van der Waals surface area contributed by atoms with Gasteiger partial charge in [0.25, 0.3) is 11.9 Å². The summed E-state index contributed by atoms with van der Waals surface area (Å²) in [5.74, 6) is -0.0913. The molecule has 15 heteroatoms. The Morgan fingerprint density at radius 3 is 2.70 bits per heavy atom. The van der Waals surface area contributed by atoms with E-state index in [0.717, 1.165) is 22.4 Å². The number of aliphatic hydroxyl groups excluding tert-OH is 2. The summed E-state index contributed by atoms with van der Waals surface area (Å²) in [5.41, 5.74) is 2.69. The zero-order chi connectivity index (χ0) is 26.3. The molecule has 5 heterocycles. The van der Waals surface area contributed by atoms with Gasteiger partial charge in [-0.25, -0.2) is 19.9 Å². The van der Waals surface area contributed by atoms with Crippen LogP contribution in [-0.2, 0) is 16.1 Å². The molecule has 0 radical (unpaired) electrons. The zero-order valence-corrected chi connectivity index (χ0v) is 22.4. The Morgan fingerprint density at radius 2 is 1.97 bits per heavy atom. The Hall–Kier alpha value is -3.15. The lowest BCUT2D eigenvalue weighted by molar-refractivity contribution is -0.137. The third-order valence-electron chi connectivity index (χ3n) is 6.20. The molecule has 14 nitrogen and oxygen atoms in total. The van der Waals surface area contributed by atoms with E-state index in [1.165, 1.54) is 24.3 Å². The lowest BCUT2D eigenvalue weighted by Gasteiger charge is -2.16. The van der Waals surface area contributed by atoms with Crippen molar-refractivity contribution in [3.8, 4) is 0 Å². The van der Waals surface area contributed by atoms with Crippen molar-refractivity contribution in [3.05, 3.63) is 28.0 Å². The topological polar surface area (TPSA) is 177 Å². The van der Waals surface area contributed by atoms with E-state index in [2.05, 4.69) is 58.1 Å². The molecule has 0 aromatic carbocycles. The molecule has 4 aromatic rings. The summed E-state index contributed by atoms with van der Waals surface area (Å²) < 4.78 is 13.9. The first kappa shape index (κ1) is 25.5. The third kappa shape index (κ3) is 4.55. The number of carbonyl (C=O) groups is 1. The number of aromatic nitrogens is 6.